The highest BCUT2D eigenvalue weighted by Gasteiger charge is 2.35. The zero-order valence-electron chi connectivity index (χ0n) is 6.73. The van der Waals surface area contributed by atoms with Crippen molar-refractivity contribution >= 4 is 0 Å². The number of aliphatic hydroxyl groups is 2. The molecule has 0 amide bonds. The van der Waals surface area contributed by atoms with Crippen LogP contribution in [0.2, 0.25) is 0 Å². The van der Waals surface area contributed by atoms with Crippen molar-refractivity contribution in [2.24, 2.45) is 0 Å². The number of hydrogen-bond acceptors (Lipinski definition) is 4. The van der Waals surface area contributed by atoms with Gasteiger partial charge in [0.1, 0.15) is 18.3 Å². The molecule has 1 aliphatic rings. The van der Waals surface area contributed by atoms with Crippen LogP contribution in [0.1, 0.15) is 6.92 Å². The number of methoxy groups -OCH3 is 1. The maximum absolute atomic E-state index is 9.35. The predicted molar refractivity (Wildman–Crippen MR) is 38.2 cm³/mol. The minimum atomic E-state index is -0.839. The van der Waals surface area contributed by atoms with Crippen molar-refractivity contribution in [3.8, 4) is 0 Å². The lowest BCUT2D eigenvalue weighted by Crippen LogP contribution is -2.52. The average Bonchev–Trinajstić information content (AvgIpc) is 2.01. The Kier molecular flexibility index (Phi) is 2.84. The standard InChI is InChI=1S/C7H14O4/c1-4-6(8)7(9)5(10-2)3-11-4/h4-9H,3H2,1-2H3/t4?,5-,6+,7+/m1/s1. The molecule has 0 saturated carbocycles. The first-order chi connectivity index (χ1) is 5.16. The number of hydrogen-bond donors (Lipinski definition) is 2. The molecule has 11 heavy (non-hydrogen) atoms. The van der Waals surface area contributed by atoms with Crippen LogP contribution in [0.15, 0.2) is 0 Å². The molecule has 1 fully saturated rings. The van der Waals surface area contributed by atoms with Crippen molar-refractivity contribution in [2.75, 3.05) is 13.7 Å². The first-order valence-corrected chi connectivity index (χ1v) is 3.67. The fourth-order valence-corrected chi connectivity index (χ4v) is 1.15. The molecule has 0 aromatic carbocycles. The summed E-state index contributed by atoms with van der Waals surface area (Å²) >= 11 is 0. The van der Waals surface area contributed by atoms with Crippen LogP contribution in [0.4, 0.5) is 0 Å². The third kappa shape index (κ3) is 1.70. The Labute approximate surface area is 65.7 Å². The maximum Gasteiger partial charge on any atom is 0.111 e. The molecule has 1 unspecified atom stereocenters. The number of rotatable bonds is 1. The van der Waals surface area contributed by atoms with Crippen LogP contribution in [0.3, 0.4) is 0 Å². The van der Waals surface area contributed by atoms with Gasteiger partial charge < -0.3 is 19.7 Å². The largest absolute Gasteiger partial charge is 0.388 e. The van der Waals surface area contributed by atoms with E-state index >= 15 is 0 Å². The van der Waals surface area contributed by atoms with E-state index in [-0.39, 0.29) is 6.10 Å². The third-order valence-electron chi connectivity index (χ3n) is 2.04. The fourth-order valence-electron chi connectivity index (χ4n) is 1.15. The van der Waals surface area contributed by atoms with Crippen molar-refractivity contribution in [1.82, 2.24) is 0 Å². The van der Waals surface area contributed by atoms with E-state index in [1.165, 1.54) is 7.11 Å². The Bertz CT molecular complexity index is 126. The van der Waals surface area contributed by atoms with E-state index in [9.17, 15) is 10.2 Å². The molecule has 4 nitrogen and oxygen atoms in total. The quantitative estimate of drug-likeness (QED) is 0.527. The Morgan fingerprint density at radius 3 is 2.55 bits per heavy atom. The molecular formula is C7H14O4. The summed E-state index contributed by atoms with van der Waals surface area (Å²) in [6, 6.07) is 0. The summed E-state index contributed by atoms with van der Waals surface area (Å²) in [5.74, 6) is 0. The lowest BCUT2D eigenvalue weighted by molar-refractivity contribution is -0.189. The van der Waals surface area contributed by atoms with Gasteiger partial charge in [-0.2, -0.15) is 0 Å². The van der Waals surface area contributed by atoms with Gasteiger partial charge in [-0.25, -0.2) is 0 Å². The Hall–Kier alpha value is -0.160. The van der Waals surface area contributed by atoms with Gasteiger partial charge in [0.25, 0.3) is 0 Å². The number of aliphatic hydroxyl groups excluding tert-OH is 2. The summed E-state index contributed by atoms with van der Waals surface area (Å²) in [5.41, 5.74) is 0. The molecule has 0 spiro atoms. The Balaban J connectivity index is 2.52. The summed E-state index contributed by atoms with van der Waals surface area (Å²) in [7, 11) is 1.49. The van der Waals surface area contributed by atoms with Gasteiger partial charge in [0.15, 0.2) is 0 Å². The molecule has 0 aliphatic carbocycles. The first kappa shape index (κ1) is 8.93. The SMILES string of the molecule is CO[C@@H]1COC(C)[C@H](O)[C@H]1O. The van der Waals surface area contributed by atoms with Crippen LogP contribution in [-0.4, -0.2) is 48.3 Å². The van der Waals surface area contributed by atoms with Crippen LogP contribution in [-0.2, 0) is 9.47 Å². The normalized spacial score (nSPS) is 45.8. The van der Waals surface area contributed by atoms with E-state index in [0.717, 1.165) is 0 Å². The molecule has 0 bridgehead atoms. The molecule has 4 atom stereocenters. The number of ether oxygens (including phenoxy) is 2. The topological polar surface area (TPSA) is 58.9 Å². The molecular weight excluding hydrogens is 148 g/mol. The highest BCUT2D eigenvalue weighted by molar-refractivity contribution is 4.84. The van der Waals surface area contributed by atoms with Crippen LogP contribution in [0.25, 0.3) is 0 Å². The molecule has 0 aromatic rings. The van der Waals surface area contributed by atoms with E-state index in [4.69, 9.17) is 9.47 Å². The van der Waals surface area contributed by atoms with Gasteiger partial charge in [0.2, 0.25) is 0 Å². The van der Waals surface area contributed by atoms with Crippen molar-refractivity contribution in [3.05, 3.63) is 0 Å². The molecule has 1 rings (SSSR count). The summed E-state index contributed by atoms with van der Waals surface area (Å²) in [6.07, 6.45) is -2.38. The van der Waals surface area contributed by atoms with E-state index < -0.39 is 18.3 Å². The minimum absolute atomic E-state index is 0.309. The summed E-state index contributed by atoms with van der Waals surface area (Å²) < 4.78 is 10.0. The van der Waals surface area contributed by atoms with E-state index in [1.807, 2.05) is 0 Å². The van der Waals surface area contributed by atoms with Crippen LogP contribution < -0.4 is 0 Å². The minimum Gasteiger partial charge on any atom is -0.388 e. The van der Waals surface area contributed by atoms with Crippen molar-refractivity contribution < 1.29 is 19.7 Å². The summed E-state index contributed by atoms with van der Waals surface area (Å²) in [5, 5.41) is 18.6. The second-order valence-electron chi connectivity index (χ2n) is 2.79. The van der Waals surface area contributed by atoms with Crippen molar-refractivity contribution in [1.29, 1.82) is 0 Å². The molecule has 0 radical (unpaired) electrons. The van der Waals surface area contributed by atoms with Gasteiger partial charge in [0.05, 0.1) is 12.7 Å². The van der Waals surface area contributed by atoms with Gasteiger partial charge in [-0.15, -0.1) is 0 Å². The maximum atomic E-state index is 9.35. The monoisotopic (exact) mass is 162 g/mol. The first-order valence-electron chi connectivity index (χ1n) is 3.67. The molecule has 4 heteroatoms. The van der Waals surface area contributed by atoms with Crippen LogP contribution in [0.5, 0.6) is 0 Å². The zero-order valence-corrected chi connectivity index (χ0v) is 6.73. The van der Waals surface area contributed by atoms with Crippen molar-refractivity contribution in [2.45, 2.75) is 31.3 Å². The van der Waals surface area contributed by atoms with Gasteiger partial charge in [-0.1, -0.05) is 0 Å². The van der Waals surface area contributed by atoms with Crippen LogP contribution in [0, 0.1) is 0 Å². The van der Waals surface area contributed by atoms with Gasteiger partial charge in [0, 0.05) is 7.11 Å². The Morgan fingerprint density at radius 1 is 1.36 bits per heavy atom. The third-order valence-corrected chi connectivity index (χ3v) is 2.04. The summed E-state index contributed by atoms with van der Waals surface area (Å²) in [6.45, 7) is 2.07. The van der Waals surface area contributed by atoms with E-state index in [1.54, 1.807) is 6.92 Å². The molecule has 2 N–H and O–H groups in total. The average molecular weight is 162 g/mol. The Morgan fingerprint density at radius 2 is 2.00 bits per heavy atom. The van der Waals surface area contributed by atoms with Crippen molar-refractivity contribution in [3.63, 3.8) is 0 Å². The summed E-state index contributed by atoms with van der Waals surface area (Å²) in [4.78, 5) is 0. The predicted octanol–water partition coefficient (Wildman–Crippen LogP) is -0.858. The van der Waals surface area contributed by atoms with E-state index in [0.29, 0.717) is 6.61 Å². The highest BCUT2D eigenvalue weighted by atomic mass is 16.6. The molecule has 1 heterocycles. The molecule has 1 saturated heterocycles. The van der Waals surface area contributed by atoms with Gasteiger partial charge in [-0.3, -0.25) is 0 Å². The lowest BCUT2D eigenvalue weighted by Gasteiger charge is -2.35. The fraction of sp³-hybridized carbons (Fsp3) is 1.00. The van der Waals surface area contributed by atoms with Crippen LogP contribution >= 0.6 is 0 Å². The second-order valence-corrected chi connectivity index (χ2v) is 2.79. The molecule has 66 valence electrons. The van der Waals surface area contributed by atoms with Gasteiger partial charge >= 0.3 is 0 Å². The zero-order chi connectivity index (χ0) is 8.43. The lowest BCUT2D eigenvalue weighted by atomic mass is 10.0. The molecule has 1 aliphatic heterocycles. The molecule has 0 aromatic heterocycles. The smallest absolute Gasteiger partial charge is 0.111 e. The van der Waals surface area contributed by atoms with Gasteiger partial charge in [-0.05, 0) is 6.92 Å². The highest BCUT2D eigenvalue weighted by Crippen LogP contribution is 2.16. The van der Waals surface area contributed by atoms with E-state index in [2.05, 4.69) is 0 Å². The second kappa shape index (κ2) is 3.49.